The minimum atomic E-state index is -0.931. The Hall–Kier alpha value is -3.35. The van der Waals surface area contributed by atoms with Crippen LogP contribution in [-0.4, -0.2) is 34.0 Å². The molecule has 3 N–H and O–H groups in total. The molecule has 3 unspecified atom stereocenters. The van der Waals surface area contributed by atoms with Crippen molar-refractivity contribution in [3.63, 3.8) is 0 Å². The van der Waals surface area contributed by atoms with Crippen LogP contribution in [0.5, 0.6) is 5.75 Å². The molecule has 2 aliphatic rings. The molecule has 2 amide bonds. The lowest BCUT2D eigenvalue weighted by atomic mass is 9.73. The number of carbonyl (C=O) groups is 2. The van der Waals surface area contributed by atoms with Crippen molar-refractivity contribution in [1.29, 1.82) is 0 Å². The number of fused-ring (bicyclic) bond motifs is 5. The van der Waals surface area contributed by atoms with Crippen molar-refractivity contribution in [3.8, 4) is 5.75 Å². The molecule has 1 saturated heterocycles. The fourth-order valence-corrected chi connectivity index (χ4v) is 5.28. The number of nitrogens with one attached hydrogen (secondary N) is 1. The Kier molecular flexibility index (Phi) is 4.32. The highest BCUT2D eigenvalue weighted by Gasteiger charge is 2.55. The highest BCUT2D eigenvalue weighted by molar-refractivity contribution is 6.02. The second-order valence-electron chi connectivity index (χ2n) is 8.66. The number of hydrogen-bond acceptors (Lipinski definition) is 3. The quantitative estimate of drug-likeness (QED) is 0.633. The number of aryl methyl sites for hydroxylation is 1. The molecular weight excluding hydrogens is 397 g/mol. The van der Waals surface area contributed by atoms with Gasteiger partial charge in [-0.05, 0) is 55.7 Å². The first kappa shape index (κ1) is 19.6. The van der Waals surface area contributed by atoms with Gasteiger partial charge in [-0.15, -0.1) is 0 Å². The van der Waals surface area contributed by atoms with E-state index >= 15 is 0 Å². The molecule has 31 heavy (non-hydrogen) atoms. The van der Waals surface area contributed by atoms with E-state index in [1.807, 2.05) is 38.1 Å². The van der Waals surface area contributed by atoms with E-state index in [-0.39, 0.29) is 17.6 Å². The Morgan fingerprint density at radius 2 is 2.10 bits per heavy atom. The highest BCUT2D eigenvalue weighted by Crippen LogP contribution is 2.50. The van der Waals surface area contributed by atoms with E-state index in [1.165, 1.54) is 12.1 Å². The highest BCUT2D eigenvalue weighted by atomic mass is 19.1. The van der Waals surface area contributed by atoms with E-state index in [1.54, 1.807) is 11.0 Å². The van der Waals surface area contributed by atoms with E-state index in [4.69, 9.17) is 10.5 Å². The minimum Gasteiger partial charge on any atom is -0.468 e. The van der Waals surface area contributed by atoms with Crippen LogP contribution in [-0.2, 0) is 16.0 Å². The molecule has 3 heterocycles. The first-order chi connectivity index (χ1) is 14.8. The van der Waals surface area contributed by atoms with Crippen LogP contribution in [0.1, 0.15) is 36.1 Å². The molecule has 1 aromatic heterocycles. The lowest BCUT2D eigenvalue weighted by Gasteiger charge is -2.52. The summed E-state index contributed by atoms with van der Waals surface area (Å²) in [6.45, 7) is 4.15. The van der Waals surface area contributed by atoms with Gasteiger partial charge in [0.2, 0.25) is 11.8 Å². The topological polar surface area (TPSA) is 88.4 Å². The molecule has 2 bridgehead atoms. The molecule has 3 atom stereocenters. The van der Waals surface area contributed by atoms with Crippen molar-refractivity contribution < 1.29 is 18.7 Å². The number of likely N-dealkylation sites (tertiary alicyclic amines) is 1. The number of piperidine rings is 1. The summed E-state index contributed by atoms with van der Waals surface area (Å²) >= 11 is 0. The summed E-state index contributed by atoms with van der Waals surface area (Å²) in [5.74, 6) is -1.80. The maximum atomic E-state index is 13.8. The Morgan fingerprint density at radius 1 is 1.32 bits per heavy atom. The summed E-state index contributed by atoms with van der Waals surface area (Å²) in [5, 5.41) is 0.798. The zero-order chi connectivity index (χ0) is 21.9. The normalized spacial score (nSPS) is 24.7. The third kappa shape index (κ3) is 2.99. The molecule has 160 valence electrons. The van der Waals surface area contributed by atoms with Crippen LogP contribution in [0.25, 0.3) is 10.9 Å². The van der Waals surface area contributed by atoms with E-state index in [2.05, 4.69) is 4.98 Å². The summed E-state index contributed by atoms with van der Waals surface area (Å²) in [4.78, 5) is 30.6. The standard InChI is InChI=1S/C24H24FN3O3/c1-13-15(17-11-14(25)7-8-19(17)27-13)9-10-28-23(30)21(22(26)29)18-12-24(28,2)31-20-6-4-3-5-16(18)20/h3-8,11,18,21,27H,9-10,12H2,1-2H3,(H2,26,29). The van der Waals surface area contributed by atoms with E-state index in [0.717, 1.165) is 27.7 Å². The third-order valence-corrected chi connectivity index (χ3v) is 6.73. The summed E-state index contributed by atoms with van der Waals surface area (Å²) in [5.41, 5.74) is 8.37. The predicted molar refractivity (Wildman–Crippen MR) is 114 cm³/mol. The zero-order valence-electron chi connectivity index (χ0n) is 17.4. The lowest BCUT2D eigenvalue weighted by molar-refractivity contribution is -0.175. The van der Waals surface area contributed by atoms with Gasteiger partial charge < -0.3 is 20.4 Å². The second kappa shape index (κ2) is 6.83. The number of amides is 2. The molecule has 5 rings (SSSR count). The van der Waals surface area contributed by atoms with Crippen LogP contribution >= 0.6 is 0 Å². The van der Waals surface area contributed by atoms with Gasteiger partial charge in [0.1, 0.15) is 17.5 Å². The summed E-state index contributed by atoms with van der Waals surface area (Å²) in [6, 6.07) is 12.1. The number of halogens is 1. The fourth-order valence-electron chi connectivity index (χ4n) is 5.28. The number of aromatic nitrogens is 1. The number of ether oxygens (including phenoxy) is 1. The van der Waals surface area contributed by atoms with Crippen LogP contribution < -0.4 is 10.5 Å². The fraction of sp³-hybridized carbons (Fsp3) is 0.333. The van der Waals surface area contributed by atoms with Crippen molar-refractivity contribution in [2.45, 2.75) is 38.3 Å². The number of carbonyl (C=O) groups excluding carboxylic acids is 2. The first-order valence-electron chi connectivity index (χ1n) is 10.4. The molecule has 0 aliphatic carbocycles. The van der Waals surface area contributed by atoms with E-state index in [0.29, 0.717) is 25.1 Å². The van der Waals surface area contributed by atoms with E-state index in [9.17, 15) is 14.0 Å². The summed E-state index contributed by atoms with van der Waals surface area (Å²) in [7, 11) is 0. The smallest absolute Gasteiger partial charge is 0.238 e. The van der Waals surface area contributed by atoms with Crippen LogP contribution in [0.2, 0.25) is 0 Å². The zero-order valence-corrected chi connectivity index (χ0v) is 17.4. The Morgan fingerprint density at radius 3 is 2.87 bits per heavy atom. The largest absolute Gasteiger partial charge is 0.468 e. The number of nitrogens with zero attached hydrogens (tertiary/aromatic N) is 1. The van der Waals surface area contributed by atoms with Gasteiger partial charge in [-0.25, -0.2) is 4.39 Å². The van der Waals surface area contributed by atoms with Gasteiger partial charge in [0.25, 0.3) is 0 Å². The lowest BCUT2D eigenvalue weighted by Crippen LogP contribution is -2.64. The number of H-pyrrole nitrogens is 1. The molecule has 7 heteroatoms. The molecule has 2 aromatic carbocycles. The number of para-hydroxylation sites is 1. The maximum Gasteiger partial charge on any atom is 0.238 e. The minimum absolute atomic E-state index is 0.305. The molecule has 0 saturated carbocycles. The van der Waals surface area contributed by atoms with Gasteiger partial charge in [-0.3, -0.25) is 9.59 Å². The van der Waals surface area contributed by atoms with Crippen molar-refractivity contribution in [1.82, 2.24) is 9.88 Å². The van der Waals surface area contributed by atoms with E-state index < -0.39 is 17.6 Å². The van der Waals surface area contributed by atoms with Gasteiger partial charge >= 0.3 is 0 Å². The third-order valence-electron chi connectivity index (χ3n) is 6.73. The number of primary amides is 1. The number of benzene rings is 2. The van der Waals surface area contributed by atoms with Crippen molar-refractivity contribution in [2.75, 3.05) is 6.54 Å². The number of hydrogen-bond donors (Lipinski definition) is 2. The van der Waals surface area contributed by atoms with Gasteiger partial charge in [0, 0.05) is 35.5 Å². The van der Waals surface area contributed by atoms with Crippen LogP contribution in [0.3, 0.4) is 0 Å². The summed E-state index contributed by atoms with van der Waals surface area (Å²) in [6.07, 6.45) is 0.989. The monoisotopic (exact) mass is 421 g/mol. The number of aromatic amines is 1. The molecule has 3 aromatic rings. The van der Waals surface area contributed by atoms with Crippen molar-refractivity contribution in [2.24, 2.45) is 11.7 Å². The number of nitrogens with two attached hydrogens (primary N) is 1. The molecular formula is C24H24FN3O3. The average Bonchev–Trinajstić information content (AvgIpc) is 3.01. The Labute approximate surface area is 179 Å². The van der Waals surface area contributed by atoms with Gasteiger partial charge in [0.15, 0.2) is 5.72 Å². The molecule has 0 spiro atoms. The molecule has 0 radical (unpaired) electrons. The predicted octanol–water partition coefficient (Wildman–Crippen LogP) is 3.38. The SMILES string of the molecule is Cc1[nH]c2ccc(F)cc2c1CCN1C(=O)C(C(N)=O)C2CC1(C)Oc1ccccc12. The number of rotatable bonds is 4. The molecule has 6 nitrogen and oxygen atoms in total. The molecule has 2 aliphatic heterocycles. The van der Waals surface area contributed by atoms with Gasteiger partial charge in [-0.1, -0.05) is 18.2 Å². The second-order valence-corrected chi connectivity index (χ2v) is 8.66. The van der Waals surface area contributed by atoms with Crippen LogP contribution in [0.15, 0.2) is 42.5 Å². The van der Waals surface area contributed by atoms with Gasteiger partial charge in [0.05, 0.1) is 0 Å². The molecule has 1 fully saturated rings. The maximum absolute atomic E-state index is 13.8. The van der Waals surface area contributed by atoms with Crippen LogP contribution in [0, 0.1) is 18.7 Å². The Bertz CT molecular complexity index is 1220. The van der Waals surface area contributed by atoms with Crippen LogP contribution in [0.4, 0.5) is 4.39 Å². The van der Waals surface area contributed by atoms with Crippen molar-refractivity contribution in [3.05, 3.63) is 65.1 Å². The van der Waals surface area contributed by atoms with Crippen molar-refractivity contribution >= 4 is 22.7 Å². The Balaban J connectivity index is 1.51. The first-order valence-corrected chi connectivity index (χ1v) is 10.4. The summed E-state index contributed by atoms with van der Waals surface area (Å²) < 4.78 is 20.1. The average molecular weight is 421 g/mol. The van der Waals surface area contributed by atoms with Gasteiger partial charge in [-0.2, -0.15) is 0 Å².